The summed E-state index contributed by atoms with van der Waals surface area (Å²) in [6.45, 7) is 11.8. The Morgan fingerprint density at radius 3 is 2.10 bits per heavy atom. The van der Waals surface area contributed by atoms with Gasteiger partial charge in [0.2, 0.25) is 0 Å². The summed E-state index contributed by atoms with van der Waals surface area (Å²) in [4.78, 5) is 68.9. The summed E-state index contributed by atoms with van der Waals surface area (Å²) in [5.74, 6) is -5.36. The van der Waals surface area contributed by atoms with Crippen molar-refractivity contribution in [1.82, 2.24) is 5.32 Å². The van der Waals surface area contributed by atoms with Crippen LogP contribution >= 0.6 is 0 Å². The molecule has 2 aromatic carbocycles. The van der Waals surface area contributed by atoms with E-state index in [-0.39, 0.29) is 29.7 Å². The normalized spacial score (nSPS) is 33.7. The third-order valence-electron chi connectivity index (χ3n) is 12.6. The lowest BCUT2D eigenvalue weighted by Crippen LogP contribution is -2.81. The summed E-state index contributed by atoms with van der Waals surface area (Å²) in [6.07, 6.45) is -11.5. The predicted octanol–water partition coefficient (Wildman–Crippen LogP) is 3.26. The van der Waals surface area contributed by atoms with Gasteiger partial charge in [0, 0.05) is 25.2 Å². The molecule has 5 N–H and O–H groups in total. The van der Waals surface area contributed by atoms with E-state index >= 15 is 0 Å². The van der Waals surface area contributed by atoms with Gasteiger partial charge < -0.3 is 49.4 Å². The summed E-state index contributed by atoms with van der Waals surface area (Å²) in [7, 11) is 0. The minimum atomic E-state index is -2.35. The molecule has 2 aromatic rings. The number of carbonyl (C=O) groups excluding carboxylic acids is 5. The Balaban J connectivity index is 1.49. The number of Topliss-reactive ketones (excluding diaryl/α,β-unsaturated/α-hetero) is 1. The molecule has 0 radical (unpaired) electrons. The molecule has 0 aromatic heterocycles. The van der Waals surface area contributed by atoms with Gasteiger partial charge in [-0.05, 0) is 63.5 Å². The van der Waals surface area contributed by atoms with Crippen LogP contribution in [0.1, 0.15) is 90.2 Å². The molecule has 1 amide bonds. The minimum absolute atomic E-state index is 0.0637. The molecule has 1 heterocycles. The highest BCUT2D eigenvalue weighted by Gasteiger charge is 2.78. The van der Waals surface area contributed by atoms with Crippen LogP contribution in [0.25, 0.3) is 0 Å². The highest BCUT2D eigenvalue weighted by molar-refractivity contribution is 5.94. The molecule has 1 saturated heterocycles. The second-order valence-electron chi connectivity index (χ2n) is 17.6. The fraction of sp³-hybridized carbons (Fsp3) is 0.558. The van der Waals surface area contributed by atoms with Crippen LogP contribution in [0.4, 0.5) is 4.79 Å². The van der Waals surface area contributed by atoms with Gasteiger partial charge >= 0.3 is 24.0 Å². The molecule has 2 unspecified atom stereocenters. The molecule has 15 heteroatoms. The number of aliphatic hydroxyl groups excluding tert-OH is 3. The molecule has 314 valence electrons. The number of benzene rings is 2. The molecule has 6 rings (SSSR count). The first-order chi connectivity index (χ1) is 27.0. The number of carbonyl (C=O) groups is 5. The summed E-state index contributed by atoms with van der Waals surface area (Å²) < 4.78 is 29.5. The summed E-state index contributed by atoms with van der Waals surface area (Å²) >= 11 is 0. The van der Waals surface area contributed by atoms with E-state index in [1.54, 1.807) is 83.1 Å². The lowest BCUT2D eigenvalue weighted by atomic mass is 9.44. The quantitative estimate of drug-likeness (QED) is 0.147. The van der Waals surface area contributed by atoms with Gasteiger partial charge in [-0.1, -0.05) is 62.4 Å². The van der Waals surface area contributed by atoms with Crippen LogP contribution in [0, 0.1) is 16.7 Å². The van der Waals surface area contributed by atoms with Gasteiger partial charge in [-0.25, -0.2) is 14.4 Å². The van der Waals surface area contributed by atoms with E-state index in [2.05, 4.69) is 5.32 Å². The number of hydrogen-bond donors (Lipinski definition) is 5. The van der Waals surface area contributed by atoms with Crippen LogP contribution in [-0.2, 0) is 38.1 Å². The molecule has 1 aliphatic heterocycles. The van der Waals surface area contributed by atoms with Crippen LogP contribution in [0.15, 0.2) is 71.8 Å². The fourth-order valence-electron chi connectivity index (χ4n) is 9.56. The number of hydrogen-bond acceptors (Lipinski definition) is 14. The SMILES string of the molecule is CC(=O)O[C@@]12CO[C@@H]1CC(O)[C@@]1(C)C(=O)[C@H](O)C3=C(C)C(OC(=O)[C@H](O)[C@@H](NC(=O)OC(C)(C)C)c4ccccc4)C[C@@](O)([C@@H](OC(=O)c4ccccc4)[C@H]21)C3(C)C. The molecular weight excluding hydrogens is 754 g/mol. The largest absolute Gasteiger partial charge is 0.456 e. The van der Waals surface area contributed by atoms with Crippen LogP contribution in [0.3, 0.4) is 0 Å². The number of esters is 3. The van der Waals surface area contributed by atoms with Gasteiger partial charge in [-0.2, -0.15) is 0 Å². The zero-order valence-corrected chi connectivity index (χ0v) is 33.9. The second-order valence-corrected chi connectivity index (χ2v) is 17.6. The average molecular weight is 808 g/mol. The third kappa shape index (κ3) is 7.10. The first-order valence-electron chi connectivity index (χ1n) is 19.3. The lowest BCUT2D eigenvalue weighted by Gasteiger charge is -2.67. The molecule has 3 aliphatic carbocycles. The highest BCUT2D eigenvalue weighted by atomic mass is 16.6. The number of ketones is 1. The van der Waals surface area contributed by atoms with Gasteiger partial charge in [0.1, 0.15) is 35.6 Å². The Kier molecular flexibility index (Phi) is 11.2. The van der Waals surface area contributed by atoms with Gasteiger partial charge in [0.05, 0.1) is 35.6 Å². The predicted molar refractivity (Wildman–Crippen MR) is 204 cm³/mol. The van der Waals surface area contributed by atoms with Crippen molar-refractivity contribution < 1.29 is 68.1 Å². The van der Waals surface area contributed by atoms with E-state index in [0.717, 1.165) is 6.92 Å². The van der Waals surface area contributed by atoms with Crippen molar-refractivity contribution >= 4 is 29.8 Å². The molecule has 15 nitrogen and oxygen atoms in total. The maximum absolute atomic E-state index is 14.9. The Bertz CT molecular complexity index is 1980. The van der Waals surface area contributed by atoms with Crippen LogP contribution in [0.5, 0.6) is 0 Å². The maximum Gasteiger partial charge on any atom is 0.408 e. The smallest absolute Gasteiger partial charge is 0.408 e. The first kappa shape index (κ1) is 42.9. The topological polar surface area (TPSA) is 224 Å². The number of amides is 1. The molecule has 58 heavy (non-hydrogen) atoms. The Labute approximate surface area is 336 Å². The lowest BCUT2D eigenvalue weighted by molar-refractivity contribution is -0.346. The molecule has 11 atom stereocenters. The van der Waals surface area contributed by atoms with Crippen molar-refractivity contribution in [2.75, 3.05) is 6.61 Å². The van der Waals surface area contributed by atoms with Crippen LogP contribution < -0.4 is 5.32 Å². The van der Waals surface area contributed by atoms with Gasteiger partial charge in [-0.3, -0.25) is 9.59 Å². The van der Waals surface area contributed by atoms with E-state index in [4.69, 9.17) is 23.7 Å². The monoisotopic (exact) mass is 807 g/mol. The van der Waals surface area contributed by atoms with Crippen LogP contribution in [-0.4, -0.2) is 110 Å². The summed E-state index contributed by atoms with van der Waals surface area (Å²) in [5.41, 5.74) is -8.14. The van der Waals surface area contributed by atoms with E-state index in [1.165, 1.54) is 26.0 Å². The summed E-state index contributed by atoms with van der Waals surface area (Å²) in [5, 5.41) is 51.6. The van der Waals surface area contributed by atoms with Gasteiger partial charge in [0.25, 0.3) is 0 Å². The van der Waals surface area contributed by atoms with Crippen molar-refractivity contribution in [1.29, 1.82) is 0 Å². The number of alkyl carbamates (subject to hydrolysis) is 1. The number of ether oxygens (including phenoxy) is 5. The van der Waals surface area contributed by atoms with Gasteiger partial charge in [-0.15, -0.1) is 0 Å². The minimum Gasteiger partial charge on any atom is -0.456 e. The van der Waals surface area contributed by atoms with Crippen molar-refractivity contribution in [2.24, 2.45) is 16.7 Å². The molecule has 0 spiro atoms. The van der Waals surface area contributed by atoms with E-state index in [0.29, 0.717) is 5.56 Å². The van der Waals surface area contributed by atoms with Crippen molar-refractivity contribution in [3.8, 4) is 0 Å². The fourth-order valence-corrected chi connectivity index (χ4v) is 9.56. The molecule has 3 fully saturated rings. The standard InChI is InChI=1S/C43H53NO14/c1-22-26(55-37(51)32(48)30(24-15-11-9-12-16-24)44-38(52)58-39(3,4)5)20-43(53)35(56-36(50)25-17-13-10-14-18-25)33-41(8,34(49)31(47)29(22)40(43,6)7)27(46)19-28-42(33,21-54-28)57-23(2)45/h9-18,26-28,30-33,35,46-48,53H,19-21H2,1-8H3,(H,44,52)/t26?,27?,28-,30+,31-,32-,33+,35+,41-,42+,43-/m1/s1. The number of nitrogens with one attached hydrogen (secondary N) is 1. The number of aliphatic hydroxyl groups is 4. The van der Waals surface area contributed by atoms with Crippen LogP contribution in [0.2, 0.25) is 0 Å². The van der Waals surface area contributed by atoms with E-state index in [9.17, 15) is 44.4 Å². The number of rotatable bonds is 8. The van der Waals surface area contributed by atoms with Gasteiger partial charge in [0.15, 0.2) is 17.5 Å². The molecule has 4 aliphatic rings. The maximum atomic E-state index is 14.9. The second kappa shape index (κ2) is 15.2. The Morgan fingerprint density at radius 1 is 0.948 bits per heavy atom. The highest BCUT2D eigenvalue weighted by Crippen LogP contribution is 2.64. The Morgan fingerprint density at radius 2 is 1.55 bits per heavy atom. The zero-order valence-electron chi connectivity index (χ0n) is 33.9. The van der Waals surface area contributed by atoms with E-state index in [1.807, 2.05) is 0 Å². The zero-order chi connectivity index (χ0) is 42.7. The number of fused-ring (bicyclic) bond motifs is 5. The Hall–Kier alpha value is -4.67. The van der Waals surface area contributed by atoms with Crippen molar-refractivity contribution in [3.05, 3.63) is 82.9 Å². The first-order valence-corrected chi connectivity index (χ1v) is 19.3. The third-order valence-corrected chi connectivity index (χ3v) is 12.6. The van der Waals surface area contributed by atoms with Crippen molar-refractivity contribution in [3.63, 3.8) is 0 Å². The van der Waals surface area contributed by atoms with Crippen molar-refractivity contribution in [2.45, 2.75) is 128 Å². The average Bonchev–Trinajstić information content (AvgIpc) is 3.14. The summed E-state index contributed by atoms with van der Waals surface area (Å²) in [6, 6.07) is 14.6. The molecule has 2 saturated carbocycles. The molecular formula is C43H53NO14. The van der Waals surface area contributed by atoms with E-state index < -0.39 is 112 Å². The molecule has 2 bridgehead atoms.